The van der Waals surface area contributed by atoms with Crippen LogP contribution in [-0.2, 0) is 25.9 Å². The molecule has 1 aliphatic rings. The fourth-order valence-electron chi connectivity index (χ4n) is 4.32. The SMILES string of the molecule is CCCCC(c1ccccc1)(c1ccccc1)[C]1([Ti+3])C=CC(C(C)(C)C)=C1.[Cl-].[Cl-].[Cl-]. The van der Waals surface area contributed by atoms with E-state index in [0.29, 0.717) is 0 Å². The van der Waals surface area contributed by atoms with Crippen LogP contribution in [0, 0.1) is 5.41 Å². The van der Waals surface area contributed by atoms with Crippen molar-refractivity contribution in [2.45, 2.75) is 56.1 Å². The third kappa shape index (κ3) is 5.64. The first-order valence-electron chi connectivity index (χ1n) is 10.1. The number of unbranched alkanes of at least 4 members (excludes halogenated alkanes) is 1. The summed E-state index contributed by atoms with van der Waals surface area (Å²) < 4.78 is -0.0481. The van der Waals surface area contributed by atoms with E-state index in [0.717, 1.165) is 6.42 Å². The Morgan fingerprint density at radius 2 is 1.27 bits per heavy atom. The largest absolute Gasteiger partial charge is 1.00 e. The summed E-state index contributed by atoms with van der Waals surface area (Å²) in [6.07, 6.45) is 10.9. The van der Waals surface area contributed by atoms with Crippen molar-refractivity contribution in [2.75, 3.05) is 0 Å². The molecule has 3 rings (SSSR count). The van der Waals surface area contributed by atoms with Gasteiger partial charge < -0.3 is 37.2 Å². The van der Waals surface area contributed by atoms with Crippen LogP contribution in [0.15, 0.2) is 84.5 Å². The molecule has 30 heavy (non-hydrogen) atoms. The minimum atomic E-state index is -0.0605. The Morgan fingerprint density at radius 3 is 1.63 bits per heavy atom. The second-order valence-electron chi connectivity index (χ2n) is 8.79. The molecule has 0 amide bonds. The number of rotatable bonds is 6. The van der Waals surface area contributed by atoms with Gasteiger partial charge in [-0.15, -0.1) is 0 Å². The summed E-state index contributed by atoms with van der Waals surface area (Å²) >= 11 is 2.43. The van der Waals surface area contributed by atoms with Crippen LogP contribution in [0.1, 0.15) is 58.1 Å². The zero-order valence-electron chi connectivity index (χ0n) is 18.3. The summed E-state index contributed by atoms with van der Waals surface area (Å²) in [5, 5.41) is 0. The van der Waals surface area contributed by atoms with Gasteiger partial charge in [0.15, 0.2) is 0 Å². The van der Waals surface area contributed by atoms with Crippen LogP contribution in [0.25, 0.3) is 0 Å². The molecule has 0 bridgehead atoms. The molecular weight excluding hydrogens is 467 g/mol. The van der Waals surface area contributed by atoms with Gasteiger partial charge in [0.05, 0.1) is 0 Å². The normalized spacial score (nSPS) is 18.0. The molecule has 0 aromatic heterocycles. The van der Waals surface area contributed by atoms with Gasteiger partial charge in [0.1, 0.15) is 0 Å². The third-order valence-electron chi connectivity index (χ3n) is 5.92. The molecule has 1 atom stereocenters. The maximum absolute atomic E-state index is 2.54. The van der Waals surface area contributed by atoms with E-state index in [9.17, 15) is 0 Å². The predicted molar refractivity (Wildman–Crippen MR) is 113 cm³/mol. The zero-order valence-corrected chi connectivity index (χ0v) is 22.1. The summed E-state index contributed by atoms with van der Waals surface area (Å²) in [6, 6.07) is 22.3. The van der Waals surface area contributed by atoms with Crippen molar-refractivity contribution < 1.29 is 57.7 Å². The molecule has 0 nitrogen and oxygen atoms in total. The molecule has 160 valence electrons. The molecule has 0 spiro atoms. The maximum Gasteiger partial charge on any atom is -1.00 e. The van der Waals surface area contributed by atoms with Gasteiger partial charge in [-0.25, -0.2) is 0 Å². The number of hydrogen-bond donors (Lipinski definition) is 0. The predicted octanol–water partition coefficient (Wildman–Crippen LogP) is -1.58. The van der Waals surface area contributed by atoms with Crippen LogP contribution >= 0.6 is 0 Å². The molecule has 0 saturated heterocycles. The van der Waals surface area contributed by atoms with Gasteiger partial charge in [-0.05, 0) is 0 Å². The van der Waals surface area contributed by atoms with Crippen LogP contribution in [0.3, 0.4) is 0 Å². The number of allylic oxidation sites excluding steroid dienone is 4. The van der Waals surface area contributed by atoms with E-state index < -0.39 is 0 Å². The molecular formula is C26H31Cl3Ti. The van der Waals surface area contributed by atoms with Crippen molar-refractivity contribution in [3.8, 4) is 0 Å². The Bertz CT molecular complexity index is 783. The summed E-state index contributed by atoms with van der Waals surface area (Å²) in [4.78, 5) is 0. The molecule has 2 aromatic rings. The smallest absolute Gasteiger partial charge is 1.00 e. The van der Waals surface area contributed by atoms with E-state index in [2.05, 4.69) is 127 Å². The van der Waals surface area contributed by atoms with Crippen LogP contribution in [0.5, 0.6) is 0 Å². The third-order valence-corrected chi connectivity index (χ3v) is 7.07. The van der Waals surface area contributed by atoms with E-state index in [1.165, 1.54) is 29.5 Å². The summed E-state index contributed by atoms with van der Waals surface area (Å²) in [5.74, 6) is 0. The second kappa shape index (κ2) is 11.9. The fraction of sp³-hybridized carbons (Fsp3) is 0.385. The molecule has 0 radical (unpaired) electrons. The second-order valence-corrected chi connectivity index (χ2v) is 10.1. The molecule has 0 fully saturated rings. The molecule has 0 N–H and O–H groups in total. The topological polar surface area (TPSA) is 0 Å². The Labute approximate surface area is 213 Å². The fourth-order valence-corrected chi connectivity index (χ4v) is 5.34. The Morgan fingerprint density at radius 1 is 0.800 bits per heavy atom. The number of halogens is 3. The van der Waals surface area contributed by atoms with Gasteiger partial charge in [0.25, 0.3) is 0 Å². The molecule has 1 aliphatic carbocycles. The van der Waals surface area contributed by atoms with Crippen LogP contribution < -0.4 is 37.2 Å². The molecule has 0 saturated carbocycles. The van der Waals surface area contributed by atoms with Gasteiger partial charge in [0.2, 0.25) is 0 Å². The van der Waals surface area contributed by atoms with E-state index >= 15 is 0 Å². The van der Waals surface area contributed by atoms with Crippen molar-refractivity contribution in [3.63, 3.8) is 0 Å². The van der Waals surface area contributed by atoms with Crippen molar-refractivity contribution in [3.05, 3.63) is 95.6 Å². The Kier molecular flexibility index (Phi) is 11.7. The van der Waals surface area contributed by atoms with Crippen molar-refractivity contribution in [2.24, 2.45) is 5.41 Å². The summed E-state index contributed by atoms with van der Waals surface area (Å²) in [7, 11) is 0. The van der Waals surface area contributed by atoms with Gasteiger partial charge in [-0.3, -0.25) is 0 Å². The Hall–Kier alpha value is -0.496. The Balaban J connectivity index is 0.00000280. The van der Waals surface area contributed by atoms with E-state index in [-0.39, 0.29) is 51.8 Å². The molecule has 0 heterocycles. The number of hydrogen-bond acceptors (Lipinski definition) is 0. The molecule has 1 unspecified atom stereocenters. The average Bonchev–Trinajstić information content (AvgIpc) is 3.08. The van der Waals surface area contributed by atoms with Crippen molar-refractivity contribution >= 4 is 0 Å². The van der Waals surface area contributed by atoms with E-state index in [4.69, 9.17) is 0 Å². The van der Waals surface area contributed by atoms with Crippen LogP contribution in [0.4, 0.5) is 0 Å². The first-order valence-corrected chi connectivity index (χ1v) is 10.9. The van der Waals surface area contributed by atoms with Crippen molar-refractivity contribution in [1.82, 2.24) is 0 Å². The van der Waals surface area contributed by atoms with Crippen LogP contribution in [0.2, 0.25) is 3.72 Å². The standard InChI is InChI=1S/C26H31.3ClH.Ti/c1-5-6-19-26(21-13-9-7-10-14-21,22-15-11-8-12-16-22)24-18-17-23(20-24)25(2,3)4;;;;/h7-18,20H,5-6,19H2,1-4H3;3*1H;/q;;;;+3/p-3. The minimum absolute atomic E-state index is 0. The van der Waals surface area contributed by atoms with Crippen LogP contribution in [-0.4, -0.2) is 0 Å². The quantitative estimate of drug-likeness (QED) is 0.423. The maximum atomic E-state index is 2.54. The number of benzene rings is 2. The van der Waals surface area contributed by atoms with E-state index in [1.807, 2.05) is 0 Å². The van der Waals surface area contributed by atoms with Gasteiger partial charge in [0, 0.05) is 0 Å². The minimum Gasteiger partial charge on any atom is -1.00 e. The van der Waals surface area contributed by atoms with E-state index in [1.54, 1.807) is 0 Å². The zero-order chi connectivity index (χ0) is 19.5. The van der Waals surface area contributed by atoms with Crippen molar-refractivity contribution in [1.29, 1.82) is 0 Å². The first kappa shape index (κ1) is 29.5. The summed E-state index contributed by atoms with van der Waals surface area (Å²) in [6.45, 7) is 9.24. The van der Waals surface area contributed by atoms with Gasteiger partial charge in [-0.2, -0.15) is 0 Å². The molecule has 2 aromatic carbocycles. The summed E-state index contributed by atoms with van der Waals surface area (Å²) in [5.41, 5.74) is 4.39. The molecule has 0 aliphatic heterocycles. The van der Waals surface area contributed by atoms with Gasteiger partial charge >= 0.3 is 178 Å². The average molecular weight is 498 g/mol. The first-order chi connectivity index (χ1) is 12.8. The van der Waals surface area contributed by atoms with Gasteiger partial charge in [-0.1, -0.05) is 0 Å². The molecule has 4 heteroatoms. The monoisotopic (exact) mass is 496 g/mol.